The Morgan fingerprint density at radius 2 is 2.15 bits per heavy atom. The zero-order valence-corrected chi connectivity index (χ0v) is 12.1. The standard InChI is InChI=1S/C16H16N2OS/c1-9-2-5-13-12(6-9)15(19)18(16(20)17-13)14-8-10-3-4-11(14)7-10/h2-6,10-11,14H,7-8H2,1H3,(H,17,20). The molecule has 0 spiro atoms. The molecule has 20 heavy (non-hydrogen) atoms. The first-order chi connectivity index (χ1) is 9.63. The smallest absolute Gasteiger partial charge is 0.262 e. The van der Waals surface area contributed by atoms with Crippen LogP contribution in [0.1, 0.15) is 24.4 Å². The van der Waals surface area contributed by atoms with Crippen LogP contribution in [0.2, 0.25) is 0 Å². The number of aryl methyl sites for hydroxylation is 1. The predicted octanol–water partition coefficient (Wildman–Crippen LogP) is 3.50. The minimum absolute atomic E-state index is 0.0541. The number of fused-ring (bicyclic) bond motifs is 3. The van der Waals surface area contributed by atoms with E-state index in [9.17, 15) is 4.79 Å². The van der Waals surface area contributed by atoms with Crippen LogP contribution < -0.4 is 5.56 Å². The molecule has 1 heterocycles. The molecular formula is C16H16N2OS. The molecule has 2 aliphatic rings. The third-order valence-corrected chi connectivity index (χ3v) is 4.96. The van der Waals surface area contributed by atoms with Gasteiger partial charge in [-0.25, -0.2) is 0 Å². The summed E-state index contributed by atoms with van der Waals surface area (Å²) in [4.78, 5) is 16.0. The molecule has 4 heteroatoms. The van der Waals surface area contributed by atoms with Gasteiger partial charge in [0.15, 0.2) is 4.77 Å². The Morgan fingerprint density at radius 3 is 2.85 bits per heavy atom. The highest BCUT2D eigenvalue weighted by atomic mass is 32.1. The molecule has 1 fully saturated rings. The van der Waals surface area contributed by atoms with Crippen molar-refractivity contribution in [3.05, 3.63) is 51.0 Å². The van der Waals surface area contributed by atoms with Crippen LogP contribution in [0.3, 0.4) is 0 Å². The molecule has 2 aromatic rings. The Labute approximate surface area is 122 Å². The molecule has 1 N–H and O–H groups in total. The van der Waals surface area contributed by atoms with Crippen molar-refractivity contribution in [2.45, 2.75) is 25.8 Å². The summed E-state index contributed by atoms with van der Waals surface area (Å²) in [6.45, 7) is 2.01. The quantitative estimate of drug-likeness (QED) is 0.643. The second-order valence-electron chi connectivity index (χ2n) is 6.00. The SMILES string of the molecule is Cc1ccc2[nH]c(=S)n(C3CC4C=CC3C4)c(=O)c2c1. The van der Waals surface area contributed by atoms with Gasteiger partial charge in [-0.05, 0) is 56.0 Å². The highest BCUT2D eigenvalue weighted by molar-refractivity contribution is 7.71. The first kappa shape index (κ1) is 12.1. The summed E-state index contributed by atoms with van der Waals surface area (Å²) < 4.78 is 2.36. The van der Waals surface area contributed by atoms with Crippen molar-refractivity contribution >= 4 is 23.1 Å². The van der Waals surface area contributed by atoms with Gasteiger partial charge >= 0.3 is 0 Å². The number of nitrogens with one attached hydrogen (secondary N) is 1. The van der Waals surface area contributed by atoms with Gasteiger partial charge in [-0.3, -0.25) is 9.36 Å². The maximum absolute atomic E-state index is 12.8. The van der Waals surface area contributed by atoms with Crippen LogP contribution >= 0.6 is 12.2 Å². The number of hydrogen-bond donors (Lipinski definition) is 1. The zero-order valence-electron chi connectivity index (χ0n) is 11.3. The molecule has 0 amide bonds. The Hall–Kier alpha value is -1.68. The fraction of sp³-hybridized carbons (Fsp3) is 0.375. The van der Waals surface area contributed by atoms with Crippen molar-refractivity contribution in [2.75, 3.05) is 0 Å². The summed E-state index contributed by atoms with van der Waals surface area (Å²) in [7, 11) is 0. The lowest BCUT2D eigenvalue weighted by atomic mass is 10.0. The average Bonchev–Trinajstić information content (AvgIpc) is 3.02. The van der Waals surface area contributed by atoms with Gasteiger partial charge in [0.05, 0.1) is 10.9 Å². The largest absolute Gasteiger partial charge is 0.332 e. The molecule has 1 aromatic carbocycles. The third kappa shape index (κ3) is 1.64. The molecule has 2 bridgehead atoms. The van der Waals surface area contributed by atoms with E-state index in [4.69, 9.17) is 12.2 Å². The van der Waals surface area contributed by atoms with E-state index in [-0.39, 0.29) is 11.6 Å². The Balaban J connectivity index is 1.98. The first-order valence-corrected chi connectivity index (χ1v) is 7.48. The monoisotopic (exact) mass is 284 g/mol. The second-order valence-corrected chi connectivity index (χ2v) is 6.39. The van der Waals surface area contributed by atoms with Crippen molar-refractivity contribution in [2.24, 2.45) is 11.8 Å². The molecule has 3 nitrogen and oxygen atoms in total. The Morgan fingerprint density at radius 1 is 1.30 bits per heavy atom. The van der Waals surface area contributed by atoms with Gasteiger partial charge in [-0.1, -0.05) is 23.8 Å². The maximum Gasteiger partial charge on any atom is 0.262 e. The van der Waals surface area contributed by atoms with Gasteiger partial charge in [-0.2, -0.15) is 0 Å². The predicted molar refractivity (Wildman–Crippen MR) is 82.5 cm³/mol. The molecule has 0 aliphatic heterocycles. The van der Waals surface area contributed by atoms with Crippen molar-refractivity contribution in [1.82, 2.24) is 9.55 Å². The van der Waals surface area contributed by atoms with Gasteiger partial charge in [0.2, 0.25) is 0 Å². The molecular weight excluding hydrogens is 268 g/mol. The summed E-state index contributed by atoms with van der Waals surface area (Å²) in [5.41, 5.74) is 1.98. The minimum atomic E-state index is 0.0541. The number of rotatable bonds is 1. The van der Waals surface area contributed by atoms with Crippen molar-refractivity contribution in [3.8, 4) is 0 Å². The third-order valence-electron chi connectivity index (χ3n) is 4.66. The maximum atomic E-state index is 12.8. The number of aromatic nitrogens is 2. The fourth-order valence-corrected chi connectivity index (χ4v) is 4.02. The van der Waals surface area contributed by atoms with Crippen LogP contribution in [-0.4, -0.2) is 9.55 Å². The number of aromatic amines is 1. The van der Waals surface area contributed by atoms with Crippen LogP contribution in [0.4, 0.5) is 0 Å². The van der Waals surface area contributed by atoms with E-state index >= 15 is 0 Å². The van der Waals surface area contributed by atoms with Crippen molar-refractivity contribution in [3.63, 3.8) is 0 Å². The Kier molecular flexibility index (Phi) is 2.51. The van der Waals surface area contributed by atoms with Crippen LogP contribution in [-0.2, 0) is 0 Å². The highest BCUT2D eigenvalue weighted by Gasteiger charge is 2.37. The van der Waals surface area contributed by atoms with Gasteiger partial charge in [-0.15, -0.1) is 0 Å². The van der Waals surface area contributed by atoms with E-state index in [0.29, 0.717) is 16.6 Å². The van der Waals surface area contributed by atoms with E-state index in [1.807, 2.05) is 29.7 Å². The zero-order chi connectivity index (χ0) is 13.9. The highest BCUT2D eigenvalue weighted by Crippen LogP contribution is 2.45. The lowest BCUT2D eigenvalue weighted by molar-refractivity contribution is 0.414. The van der Waals surface area contributed by atoms with Crippen LogP contribution in [0.25, 0.3) is 10.9 Å². The van der Waals surface area contributed by atoms with Gasteiger partial charge < -0.3 is 4.98 Å². The average molecular weight is 284 g/mol. The van der Waals surface area contributed by atoms with Crippen molar-refractivity contribution in [1.29, 1.82) is 0 Å². The second kappa shape index (κ2) is 4.16. The molecule has 4 rings (SSSR count). The molecule has 1 saturated carbocycles. The van der Waals surface area contributed by atoms with Gasteiger partial charge in [0.25, 0.3) is 5.56 Å². The van der Waals surface area contributed by atoms with Gasteiger partial charge in [0, 0.05) is 6.04 Å². The van der Waals surface area contributed by atoms with Gasteiger partial charge in [0.1, 0.15) is 0 Å². The molecule has 3 atom stereocenters. The van der Waals surface area contributed by atoms with E-state index in [1.165, 1.54) is 0 Å². The van der Waals surface area contributed by atoms with E-state index in [2.05, 4.69) is 17.1 Å². The number of nitrogens with zero attached hydrogens (tertiary/aromatic N) is 1. The van der Waals surface area contributed by atoms with Crippen LogP contribution in [0.15, 0.2) is 35.1 Å². The number of benzene rings is 1. The van der Waals surface area contributed by atoms with Crippen LogP contribution in [0, 0.1) is 23.5 Å². The Bertz CT molecular complexity index is 846. The van der Waals surface area contributed by atoms with Crippen LogP contribution in [0.5, 0.6) is 0 Å². The molecule has 3 unspecified atom stereocenters. The number of hydrogen-bond acceptors (Lipinski definition) is 2. The minimum Gasteiger partial charge on any atom is -0.332 e. The lowest BCUT2D eigenvalue weighted by Gasteiger charge is -2.21. The first-order valence-electron chi connectivity index (χ1n) is 7.07. The molecule has 102 valence electrons. The summed E-state index contributed by atoms with van der Waals surface area (Å²) >= 11 is 5.44. The normalized spacial score (nSPS) is 27.6. The molecule has 2 aliphatic carbocycles. The summed E-state index contributed by atoms with van der Waals surface area (Å²) in [6, 6.07) is 6.11. The van der Waals surface area contributed by atoms with E-state index in [0.717, 1.165) is 29.3 Å². The summed E-state index contributed by atoms with van der Waals surface area (Å²) in [6.07, 6.45) is 6.73. The molecule has 0 radical (unpaired) electrons. The lowest BCUT2D eigenvalue weighted by Crippen LogP contribution is -2.28. The topological polar surface area (TPSA) is 37.8 Å². The molecule has 1 aromatic heterocycles. The van der Waals surface area contributed by atoms with E-state index < -0.39 is 0 Å². The number of allylic oxidation sites excluding steroid dienone is 2. The summed E-state index contributed by atoms with van der Waals surface area (Å²) in [5.74, 6) is 1.09. The number of H-pyrrole nitrogens is 1. The molecule has 0 saturated heterocycles. The summed E-state index contributed by atoms with van der Waals surface area (Å²) in [5, 5.41) is 0.741. The van der Waals surface area contributed by atoms with E-state index in [1.54, 1.807) is 0 Å². The van der Waals surface area contributed by atoms with Crippen molar-refractivity contribution < 1.29 is 0 Å². The fourth-order valence-electron chi connectivity index (χ4n) is 3.69.